The summed E-state index contributed by atoms with van der Waals surface area (Å²) in [5.41, 5.74) is -3.44. The van der Waals surface area contributed by atoms with E-state index in [1.165, 1.54) is 37.2 Å². The highest BCUT2D eigenvalue weighted by Crippen LogP contribution is 2.68. The molecule has 2 N–H and O–H groups in total. The number of aryl methyl sites for hydroxylation is 1. The average Bonchev–Trinajstić information content (AvgIpc) is 3.65. The van der Waals surface area contributed by atoms with Crippen LogP contribution in [0.15, 0.2) is 41.2 Å². The van der Waals surface area contributed by atoms with Crippen LogP contribution in [0.1, 0.15) is 72.7 Å². The summed E-state index contributed by atoms with van der Waals surface area (Å²) < 4.78 is 111. The van der Waals surface area contributed by atoms with E-state index in [1.807, 2.05) is 0 Å². The standard InChI is InChI=1S/C37H33ClF6N8O4S/c1-36(2,56-4)9-8-20-14-27(54)52(25-7-6-23(38)29-31(25)50(3)48-34(29)49-57(5)55)35(45-20)24(12-17-10-18(39)13-19(40)11-17)46-26(53)16-51-32-28(30(47-51)33(41)42)21-15-22(21)37(32,43)44/h6-7,10-11,13-14,21-22,24,33H,12,15-16H2,1-5H3,(H,46,53)(H,48,49). The van der Waals surface area contributed by atoms with Gasteiger partial charge < -0.3 is 14.6 Å². The Morgan fingerprint density at radius 2 is 1.88 bits per heavy atom. The number of carbonyl (C=O) groups excluding carboxylic acids is 1. The molecule has 3 heterocycles. The molecule has 3 aromatic heterocycles. The van der Waals surface area contributed by atoms with Crippen LogP contribution in [0.4, 0.5) is 32.2 Å². The van der Waals surface area contributed by atoms with Gasteiger partial charge in [-0.1, -0.05) is 17.5 Å². The molecule has 300 valence electrons. The molecule has 57 heavy (non-hydrogen) atoms. The minimum absolute atomic E-state index is 0.0103. The predicted octanol–water partition coefficient (Wildman–Crippen LogP) is 5.98. The minimum Gasteiger partial charge on any atom is -0.593 e. The highest BCUT2D eigenvalue weighted by atomic mass is 35.5. The van der Waals surface area contributed by atoms with Crippen molar-refractivity contribution in [2.75, 3.05) is 18.1 Å². The quantitative estimate of drug-likeness (QED) is 0.0941. The summed E-state index contributed by atoms with van der Waals surface area (Å²) in [6.07, 6.45) is -2.24. The van der Waals surface area contributed by atoms with Gasteiger partial charge in [-0.15, -0.1) is 5.10 Å². The molecule has 1 saturated carbocycles. The Morgan fingerprint density at radius 1 is 1.18 bits per heavy atom. The van der Waals surface area contributed by atoms with E-state index in [1.54, 1.807) is 13.8 Å². The van der Waals surface area contributed by atoms with Crippen LogP contribution in [0, 0.1) is 29.4 Å². The van der Waals surface area contributed by atoms with Crippen LogP contribution < -0.4 is 15.6 Å². The van der Waals surface area contributed by atoms with E-state index < -0.39 is 94.6 Å². The number of alkyl halides is 4. The molecule has 12 nitrogen and oxygen atoms in total. The normalized spacial score (nSPS) is 17.9. The lowest BCUT2D eigenvalue weighted by Crippen LogP contribution is -2.38. The number of nitrogens with zero attached hydrogens (tertiary/aromatic N) is 6. The summed E-state index contributed by atoms with van der Waals surface area (Å²) in [5.74, 6) is -2.98. The van der Waals surface area contributed by atoms with E-state index in [0.29, 0.717) is 10.7 Å². The van der Waals surface area contributed by atoms with Crippen LogP contribution in [0.3, 0.4) is 0 Å². The SMILES string of the molecule is COC(C)(C)C#Cc1cc(=O)n(-c2ccc(Cl)c3c(N[S+](C)[O-])nn(C)c23)c(C(Cc2cc(F)cc(F)c2)NC(=O)Cn2nc(C(F)F)c3c2C(F)(F)C2CC32)n1. The van der Waals surface area contributed by atoms with Gasteiger partial charge in [-0.3, -0.25) is 23.5 Å². The third kappa shape index (κ3) is 7.58. The van der Waals surface area contributed by atoms with Crippen molar-refractivity contribution in [3.05, 3.63) is 97.4 Å². The van der Waals surface area contributed by atoms with E-state index in [9.17, 15) is 31.7 Å². The molecule has 0 spiro atoms. The van der Waals surface area contributed by atoms with Crippen molar-refractivity contribution in [2.24, 2.45) is 13.0 Å². The number of benzene rings is 2. The number of nitrogens with one attached hydrogen (secondary N) is 2. The van der Waals surface area contributed by atoms with Crippen LogP contribution in [0.5, 0.6) is 0 Å². The Bertz CT molecular complexity index is 2540. The van der Waals surface area contributed by atoms with Gasteiger partial charge in [0, 0.05) is 44.2 Å². The first kappa shape index (κ1) is 40.2. The second-order valence-corrected chi connectivity index (χ2v) is 15.8. The number of amides is 1. The molecule has 0 saturated heterocycles. The van der Waals surface area contributed by atoms with Crippen LogP contribution in [-0.4, -0.2) is 58.5 Å². The highest BCUT2D eigenvalue weighted by Gasteiger charge is 2.67. The second-order valence-electron chi connectivity index (χ2n) is 14.2. The fraction of sp³-hybridized carbons (Fsp3) is 0.378. The number of hydrogen-bond donors (Lipinski definition) is 2. The fourth-order valence-electron chi connectivity index (χ4n) is 7.18. The van der Waals surface area contributed by atoms with Crippen LogP contribution >= 0.6 is 11.6 Å². The number of carbonyl (C=O) groups is 1. The largest absolute Gasteiger partial charge is 0.593 e. The molecular weight excluding hydrogens is 802 g/mol. The molecular formula is C37H33ClF6N8O4S. The molecule has 5 aromatic rings. The summed E-state index contributed by atoms with van der Waals surface area (Å²) in [6, 6.07) is 5.13. The van der Waals surface area contributed by atoms with E-state index in [-0.39, 0.29) is 56.5 Å². The molecule has 4 unspecified atom stereocenters. The maximum absolute atomic E-state index is 15.4. The van der Waals surface area contributed by atoms with Gasteiger partial charge in [-0.25, -0.2) is 22.5 Å². The van der Waals surface area contributed by atoms with Gasteiger partial charge in [0.05, 0.1) is 39.0 Å². The van der Waals surface area contributed by atoms with Gasteiger partial charge in [-0.2, -0.15) is 18.6 Å². The maximum Gasteiger partial charge on any atom is 0.293 e. The summed E-state index contributed by atoms with van der Waals surface area (Å²) in [6.45, 7) is 2.35. The third-order valence-corrected chi connectivity index (χ3v) is 10.6. The number of fused-ring (bicyclic) bond motifs is 4. The topological polar surface area (TPSA) is 144 Å². The lowest BCUT2D eigenvalue weighted by atomic mass is 10.0. The van der Waals surface area contributed by atoms with Gasteiger partial charge in [0.25, 0.3) is 17.9 Å². The molecule has 2 aromatic carbocycles. The lowest BCUT2D eigenvalue weighted by Gasteiger charge is -2.24. The van der Waals surface area contributed by atoms with Crippen molar-refractivity contribution in [2.45, 2.75) is 63.1 Å². The molecule has 0 radical (unpaired) electrons. The third-order valence-electron chi connectivity index (χ3n) is 9.81. The number of rotatable bonds is 11. The monoisotopic (exact) mass is 834 g/mol. The molecule has 7 rings (SSSR count). The summed E-state index contributed by atoms with van der Waals surface area (Å²) >= 11 is 5.00. The Balaban J connectivity index is 1.41. The van der Waals surface area contributed by atoms with Gasteiger partial charge in [0.2, 0.25) is 11.7 Å². The molecule has 2 aliphatic rings. The Hall–Kier alpha value is -5.03. The molecule has 20 heteroatoms. The number of anilines is 1. The maximum atomic E-state index is 15.4. The molecule has 1 amide bonds. The van der Waals surface area contributed by atoms with Gasteiger partial charge in [0.1, 0.15) is 52.9 Å². The van der Waals surface area contributed by atoms with Gasteiger partial charge in [-0.05, 0) is 61.9 Å². The zero-order chi connectivity index (χ0) is 41.3. The Morgan fingerprint density at radius 3 is 2.53 bits per heavy atom. The van der Waals surface area contributed by atoms with Crippen molar-refractivity contribution in [1.82, 2.24) is 34.4 Å². The number of methoxy groups -OCH3 is 1. The second kappa shape index (κ2) is 14.7. The molecule has 0 aliphatic heterocycles. The van der Waals surface area contributed by atoms with Crippen LogP contribution in [-0.2, 0) is 46.8 Å². The first-order chi connectivity index (χ1) is 26.8. The van der Waals surface area contributed by atoms with E-state index in [2.05, 4.69) is 37.1 Å². The molecule has 2 aliphatic carbocycles. The highest BCUT2D eigenvalue weighted by molar-refractivity contribution is 7.92. The first-order valence-electron chi connectivity index (χ1n) is 17.3. The summed E-state index contributed by atoms with van der Waals surface area (Å²) in [7, 11) is 2.95. The van der Waals surface area contributed by atoms with Crippen molar-refractivity contribution >= 4 is 45.6 Å². The van der Waals surface area contributed by atoms with Crippen molar-refractivity contribution in [3.63, 3.8) is 0 Å². The lowest BCUT2D eigenvalue weighted by molar-refractivity contribution is -0.123. The predicted molar refractivity (Wildman–Crippen MR) is 198 cm³/mol. The summed E-state index contributed by atoms with van der Waals surface area (Å²) in [4.78, 5) is 32.9. The van der Waals surface area contributed by atoms with E-state index >= 15 is 8.78 Å². The number of hydrogen-bond acceptors (Lipinski definition) is 8. The Kier molecular flexibility index (Phi) is 10.4. The van der Waals surface area contributed by atoms with Crippen LogP contribution in [0.25, 0.3) is 16.6 Å². The van der Waals surface area contributed by atoms with Crippen molar-refractivity contribution < 1.29 is 40.4 Å². The molecule has 1 fully saturated rings. The van der Waals surface area contributed by atoms with Gasteiger partial charge in [0.15, 0.2) is 0 Å². The zero-order valence-electron chi connectivity index (χ0n) is 30.8. The van der Waals surface area contributed by atoms with Crippen molar-refractivity contribution in [1.29, 1.82) is 0 Å². The van der Waals surface area contributed by atoms with Crippen molar-refractivity contribution in [3.8, 4) is 17.5 Å². The van der Waals surface area contributed by atoms with Gasteiger partial charge >= 0.3 is 0 Å². The molecule has 0 bridgehead atoms. The Labute approximate surface area is 328 Å². The van der Waals surface area contributed by atoms with E-state index in [4.69, 9.17) is 16.3 Å². The summed E-state index contributed by atoms with van der Waals surface area (Å²) in [5, 5.41) is 11.2. The zero-order valence-corrected chi connectivity index (χ0v) is 32.3. The minimum atomic E-state index is -3.52. The average molecular weight is 835 g/mol. The fourth-order valence-corrected chi connectivity index (χ4v) is 7.83. The number of aromatic nitrogens is 6. The number of halogens is 7. The first-order valence-corrected chi connectivity index (χ1v) is 19.2. The smallest absolute Gasteiger partial charge is 0.293 e. The molecule has 4 atom stereocenters. The van der Waals surface area contributed by atoms with Crippen LogP contribution in [0.2, 0.25) is 5.02 Å². The number of ether oxygens (including phenoxy) is 1. The van der Waals surface area contributed by atoms with E-state index in [0.717, 1.165) is 22.8 Å².